The molecule has 1 aliphatic rings. The molecule has 1 saturated carbocycles. The Balaban J connectivity index is 2.28. The maximum absolute atomic E-state index is 6.19. The number of nitrogens with two attached hydrogens (primary N) is 1. The SMILES string of the molecule is CCCCN(C)CC1CC(C)CCC1N. The second-order valence-corrected chi connectivity index (χ2v) is 5.46. The Hall–Kier alpha value is -0.0800. The third-order valence-corrected chi connectivity index (χ3v) is 3.74. The Bertz CT molecular complexity index is 170. The fourth-order valence-electron chi connectivity index (χ4n) is 2.65. The lowest BCUT2D eigenvalue weighted by atomic mass is 9.79. The maximum atomic E-state index is 6.19. The van der Waals surface area contributed by atoms with Crippen LogP contribution in [0.2, 0.25) is 0 Å². The highest BCUT2D eigenvalue weighted by Gasteiger charge is 2.26. The Labute approximate surface area is 95.2 Å². The fourth-order valence-corrected chi connectivity index (χ4v) is 2.65. The quantitative estimate of drug-likeness (QED) is 0.758. The van der Waals surface area contributed by atoms with Gasteiger partial charge in [-0.3, -0.25) is 0 Å². The van der Waals surface area contributed by atoms with Gasteiger partial charge in [0, 0.05) is 12.6 Å². The monoisotopic (exact) mass is 212 g/mol. The summed E-state index contributed by atoms with van der Waals surface area (Å²) in [7, 11) is 2.24. The highest BCUT2D eigenvalue weighted by Crippen LogP contribution is 2.28. The van der Waals surface area contributed by atoms with Crippen LogP contribution in [0.4, 0.5) is 0 Å². The van der Waals surface area contributed by atoms with Gasteiger partial charge in [-0.2, -0.15) is 0 Å². The summed E-state index contributed by atoms with van der Waals surface area (Å²) in [5.41, 5.74) is 6.19. The lowest BCUT2D eigenvalue weighted by Gasteiger charge is -2.35. The fraction of sp³-hybridized carbons (Fsp3) is 1.00. The molecule has 0 aromatic rings. The number of nitrogens with zero attached hydrogens (tertiary/aromatic N) is 1. The second kappa shape index (κ2) is 6.49. The van der Waals surface area contributed by atoms with Crippen LogP contribution in [-0.4, -0.2) is 31.1 Å². The van der Waals surface area contributed by atoms with Crippen LogP contribution in [0, 0.1) is 11.8 Å². The standard InChI is InChI=1S/C13H28N2/c1-4-5-8-15(3)10-12-9-11(2)6-7-13(12)14/h11-13H,4-10,14H2,1-3H3. The first-order valence-electron chi connectivity index (χ1n) is 6.57. The van der Waals surface area contributed by atoms with Crippen LogP contribution >= 0.6 is 0 Å². The smallest absolute Gasteiger partial charge is 0.00795 e. The molecular weight excluding hydrogens is 184 g/mol. The molecule has 2 nitrogen and oxygen atoms in total. The van der Waals surface area contributed by atoms with E-state index in [1.807, 2.05) is 0 Å². The third kappa shape index (κ3) is 4.52. The Morgan fingerprint density at radius 3 is 2.73 bits per heavy atom. The van der Waals surface area contributed by atoms with Gasteiger partial charge in [0.2, 0.25) is 0 Å². The first-order chi connectivity index (χ1) is 7.13. The molecule has 1 fully saturated rings. The molecule has 0 aromatic heterocycles. The van der Waals surface area contributed by atoms with Crippen molar-refractivity contribution in [2.75, 3.05) is 20.1 Å². The summed E-state index contributed by atoms with van der Waals surface area (Å²) in [5, 5.41) is 0. The van der Waals surface area contributed by atoms with Crippen LogP contribution in [0.1, 0.15) is 46.0 Å². The zero-order valence-electron chi connectivity index (χ0n) is 10.7. The van der Waals surface area contributed by atoms with Crippen molar-refractivity contribution in [3.05, 3.63) is 0 Å². The molecule has 3 atom stereocenters. The maximum Gasteiger partial charge on any atom is 0.00795 e. The largest absolute Gasteiger partial charge is 0.327 e. The Morgan fingerprint density at radius 1 is 1.33 bits per heavy atom. The van der Waals surface area contributed by atoms with E-state index in [1.165, 1.54) is 45.2 Å². The van der Waals surface area contributed by atoms with Crippen LogP contribution in [0.15, 0.2) is 0 Å². The Kier molecular flexibility index (Phi) is 5.62. The van der Waals surface area contributed by atoms with Gasteiger partial charge in [0.25, 0.3) is 0 Å². The van der Waals surface area contributed by atoms with Crippen LogP contribution in [0.25, 0.3) is 0 Å². The average molecular weight is 212 g/mol. The van der Waals surface area contributed by atoms with Gasteiger partial charge in [0.15, 0.2) is 0 Å². The zero-order valence-corrected chi connectivity index (χ0v) is 10.7. The van der Waals surface area contributed by atoms with Gasteiger partial charge in [-0.15, -0.1) is 0 Å². The normalized spacial score (nSPS) is 32.2. The van der Waals surface area contributed by atoms with Gasteiger partial charge in [-0.25, -0.2) is 0 Å². The summed E-state index contributed by atoms with van der Waals surface area (Å²) in [5.74, 6) is 1.62. The van der Waals surface area contributed by atoms with Crippen molar-refractivity contribution in [3.63, 3.8) is 0 Å². The first kappa shape index (κ1) is 13.0. The summed E-state index contributed by atoms with van der Waals surface area (Å²) in [6.07, 6.45) is 6.49. The van der Waals surface area contributed by atoms with Crippen molar-refractivity contribution >= 4 is 0 Å². The van der Waals surface area contributed by atoms with E-state index in [9.17, 15) is 0 Å². The molecule has 0 bridgehead atoms. The lowest BCUT2D eigenvalue weighted by molar-refractivity contribution is 0.180. The highest BCUT2D eigenvalue weighted by atomic mass is 15.1. The summed E-state index contributed by atoms with van der Waals surface area (Å²) in [6.45, 7) is 7.05. The molecule has 0 aliphatic heterocycles. The van der Waals surface area contributed by atoms with Gasteiger partial charge in [0.1, 0.15) is 0 Å². The molecule has 1 aliphatic carbocycles. The van der Waals surface area contributed by atoms with Crippen molar-refractivity contribution in [1.82, 2.24) is 4.90 Å². The van der Waals surface area contributed by atoms with Gasteiger partial charge < -0.3 is 10.6 Å². The van der Waals surface area contributed by atoms with Crippen molar-refractivity contribution in [2.45, 2.75) is 52.0 Å². The second-order valence-electron chi connectivity index (χ2n) is 5.46. The topological polar surface area (TPSA) is 29.3 Å². The lowest BCUT2D eigenvalue weighted by Crippen LogP contribution is -2.42. The average Bonchev–Trinajstić information content (AvgIpc) is 2.20. The minimum Gasteiger partial charge on any atom is -0.327 e. The molecule has 15 heavy (non-hydrogen) atoms. The highest BCUT2D eigenvalue weighted by molar-refractivity contribution is 4.82. The van der Waals surface area contributed by atoms with E-state index >= 15 is 0 Å². The van der Waals surface area contributed by atoms with Crippen LogP contribution in [-0.2, 0) is 0 Å². The van der Waals surface area contributed by atoms with Crippen LogP contribution in [0.5, 0.6) is 0 Å². The molecule has 0 saturated heterocycles. The number of hydrogen-bond acceptors (Lipinski definition) is 2. The molecule has 0 radical (unpaired) electrons. The molecule has 0 amide bonds. The van der Waals surface area contributed by atoms with E-state index in [-0.39, 0.29) is 0 Å². The number of rotatable bonds is 5. The van der Waals surface area contributed by atoms with E-state index in [4.69, 9.17) is 5.73 Å². The molecule has 0 spiro atoms. The summed E-state index contributed by atoms with van der Waals surface area (Å²) in [6, 6.07) is 0.449. The molecule has 1 rings (SSSR count). The zero-order chi connectivity index (χ0) is 11.3. The van der Waals surface area contributed by atoms with E-state index in [2.05, 4.69) is 25.8 Å². The molecule has 2 heteroatoms. The van der Waals surface area contributed by atoms with Crippen LogP contribution < -0.4 is 5.73 Å². The molecule has 90 valence electrons. The molecule has 0 aromatic carbocycles. The van der Waals surface area contributed by atoms with Crippen molar-refractivity contribution < 1.29 is 0 Å². The van der Waals surface area contributed by atoms with E-state index in [1.54, 1.807) is 0 Å². The van der Waals surface area contributed by atoms with E-state index < -0.39 is 0 Å². The first-order valence-corrected chi connectivity index (χ1v) is 6.57. The molecule has 0 heterocycles. The molecule has 3 unspecified atom stereocenters. The molecule has 2 N–H and O–H groups in total. The number of hydrogen-bond donors (Lipinski definition) is 1. The predicted molar refractivity (Wildman–Crippen MR) is 66.9 cm³/mol. The van der Waals surface area contributed by atoms with Crippen molar-refractivity contribution in [3.8, 4) is 0 Å². The third-order valence-electron chi connectivity index (χ3n) is 3.74. The molecular formula is C13H28N2. The van der Waals surface area contributed by atoms with E-state index in [0.717, 1.165) is 11.8 Å². The minimum atomic E-state index is 0.449. The summed E-state index contributed by atoms with van der Waals surface area (Å²) >= 11 is 0. The predicted octanol–water partition coefficient (Wildman–Crippen LogP) is 2.48. The van der Waals surface area contributed by atoms with Gasteiger partial charge in [-0.05, 0) is 51.1 Å². The van der Waals surface area contributed by atoms with Crippen LogP contribution in [0.3, 0.4) is 0 Å². The van der Waals surface area contributed by atoms with Crippen molar-refractivity contribution in [2.24, 2.45) is 17.6 Å². The Morgan fingerprint density at radius 2 is 2.07 bits per heavy atom. The minimum absolute atomic E-state index is 0.449. The van der Waals surface area contributed by atoms with E-state index in [0.29, 0.717) is 6.04 Å². The number of unbranched alkanes of at least 4 members (excludes halogenated alkanes) is 1. The van der Waals surface area contributed by atoms with Crippen molar-refractivity contribution in [1.29, 1.82) is 0 Å². The summed E-state index contributed by atoms with van der Waals surface area (Å²) < 4.78 is 0. The summed E-state index contributed by atoms with van der Waals surface area (Å²) in [4.78, 5) is 2.46. The van der Waals surface area contributed by atoms with Gasteiger partial charge in [0.05, 0.1) is 0 Å². The van der Waals surface area contributed by atoms with Gasteiger partial charge >= 0.3 is 0 Å². The van der Waals surface area contributed by atoms with Gasteiger partial charge in [-0.1, -0.05) is 20.3 Å².